The molecular weight excluding hydrogens is 498 g/mol. The van der Waals surface area contributed by atoms with Gasteiger partial charge in [-0.05, 0) is 57.6 Å². The maximum absolute atomic E-state index is 14.9. The highest BCUT2D eigenvalue weighted by Gasteiger charge is 2.43. The second-order valence-electron chi connectivity index (χ2n) is 10.6. The van der Waals surface area contributed by atoms with Crippen molar-refractivity contribution in [3.8, 4) is 0 Å². The van der Waals surface area contributed by atoms with Crippen LogP contribution in [0.1, 0.15) is 63.4 Å². The molecule has 0 radical (unpaired) electrons. The Morgan fingerprint density at radius 3 is 2.58 bits per heavy atom. The van der Waals surface area contributed by atoms with Gasteiger partial charge < -0.3 is 36.2 Å². The van der Waals surface area contributed by atoms with Gasteiger partial charge in [-0.15, -0.1) is 0 Å². The summed E-state index contributed by atoms with van der Waals surface area (Å²) in [5, 5.41) is 39.9. The lowest BCUT2D eigenvalue weighted by molar-refractivity contribution is -0.0583. The molecule has 3 rings (SSSR count). The lowest BCUT2D eigenvalue weighted by Gasteiger charge is -2.43. The van der Waals surface area contributed by atoms with Crippen LogP contribution in [0.3, 0.4) is 0 Å². The normalized spacial score (nSPS) is 21.8. The molecule has 4 atom stereocenters. The number of carbonyl (C=O) groups excluding carboxylic acids is 1. The quantitative estimate of drug-likeness (QED) is 0.239. The molecule has 1 aliphatic carbocycles. The van der Waals surface area contributed by atoms with Gasteiger partial charge in [-0.2, -0.15) is 0 Å². The number of nitrogens with one attached hydrogen (secondary N) is 3. The highest BCUT2D eigenvalue weighted by molar-refractivity contribution is 5.74. The van der Waals surface area contributed by atoms with Crippen molar-refractivity contribution in [3.63, 3.8) is 0 Å². The van der Waals surface area contributed by atoms with Crippen LogP contribution in [0.15, 0.2) is 18.2 Å². The number of carbonyl (C=O) groups is 2. The predicted molar refractivity (Wildman–Crippen MR) is 139 cm³/mol. The van der Waals surface area contributed by atoms with Gasteiger partial charge in [-0.1, -0.05) is 31.4 Å². The maximum Gasteiger partial charge on any atom is 0.404 e. The van der Waals surface area contributed by atoms with Crippen LogP contribution in [0.4, 0.5) is 18.4 Å². The van der Waals surface area contributed by atoms with Crippen molar-refractivity contribution in [1.82, 2.24) is 20.9 Å². The molecule has 11 heteroatoms. The third-order valence-corrected chi connectivity index (χ3v) is 8.09. The first-order valence-corrected chi connectivity index (χ1v) is 13.7. The molecule has 214 valence electrons. The monoisotopic (exact) mass is 540 g/mol. The maximum atomic E-state index is 14.9. The van der Waals surface area contributed by atoms with E-state index in [0.717, 1.165) is 38.2 Å². The summed E-state index contributed by atoms with van der Waals surface area (Å²) in [6.07, 6.45) is 4.43. The number of hydrogen-bond donors (Lipinski definition) is 6. The Morgan fingerprint density at radius 2 is 1.89 bits per heavy atom. The van der Waals surface area contributed by atoms with Crippen LogP contribution >= 0.6 is 0 Å². The molecule has 0 bridgehead atoms. The van der Waals surface area contributed by atoms with E-state index in [1.165, 1.54) is 12.1 Å². The third kappa shape index (κ3) is 7.54. The average molecular weight is 541 g/mol. The van der Waals surface area contributed by atoms with E-state index >= 15 is 0 Å². The number of carboxylic acid groups (broad SMARTS) is 1. The van der Waals surface area contributed by atoms with E-state index < -0.39 is 41.4 Å². The van der Waals surface area contributed by atoms with Crippen LogP contribution in [0.2, 0.25) is 0 Å². The first-order valence-electron chi connectivity index (χ1n) is 13.7. The summed E-state index contributed by atoms with van der Waals surface area (Å²) in [6.45, 7) is 0.971. The highest BCUT2D eigenvalue weighted by atomic mass is 19.2. The molecular formula is C27H42F2N4O5. The Bertz CT molecular complexity index is 933. The highest BCUT2D eigenvalue weighted by Crippen LogP contribution is 2.41. The minimum absolute atomic E-state index is 0.0173. The summed E-state index contributed by atoms with van der Waals surface area (Å²) in [7, 11) is 1.76. The van der Waals surface area contributed by atoms with E-state index in [1.807, 2.05) is 0 Å². The van der Waals surface area contributed by atoms with E-state index in [1.54, 1.807) is 11.9 Å². The molecule has 38 heavy (non-hydrogen) atoms. The van der Waals surface area contributed by atoms with Crippen molar-refractivity contribution in [1.29, 1.82) is 0 Å². The number of likely N-dealkylation sites (N-methyl/N-ethyl adjacent to an activating group) is 1. The van der Waals surface area contributed by atoms with Crippen molar-refractivity contribution in [2.24, 2.45) is 11.8 Å². The molecule has 2 fully saturated rings. The standard InChI is InChI=1S/C27H42F2N4O5/c1-30-16-22(24(34)18-8-3-2-4-9-18)32-25(35)33-15-6-10-19(17-33)27(38,13-7-14-31-26(36)37)20-11-5-12-21(28)23(20)29/h5,11-12,18-19,22,24,30-31,34,38H,2-4,6-10,13-17H2,1H3,(H,32,35)(H,36,37)/t19-,22-,24+,27+/m1/s1. The van der Waals surface area contributed by atoms with Gasteiger partial charge in [-0.25, -0.2) is 18.4 Å². The van der Waals surface area contributed by atoms with Gasteiger partial charge in [0.15, 0.2) is 11.6 Å². The molecule has 0 unspecified atom stereocenters. The number of benzene rings is 1. The molecule has 2 aliphatic rings. The average Bonchev–Trinajstić information content (AvgIpc) is 2.92. The number of rotatable bonds is 11. The summed E-state index contributed by atoms with van der Waals surface area (Å²) in [6, 6.07) is 2.78. The first-order chi connectivity index (χ1) is 18.2. The van der Waals surface area contributed by atoms with Crippen LogP contribution < -0.4 is 16.0 Å². The minimum Gasteiger partial charge on any atom is -0.465 e. The van der Waals surface area contributed by atoms with Crippen molar-refractivity contribution < 1.29 is 33.7 Å². The van der Waals surface area contributed by atoms with E-state index in [4.69, 9.17) is 5.11 Å². The SMILES string of the molecule is CNC[C@@H](NC(=O)N1CCC[C@@H]([C@@](O)(CCCNC(=O)O)c2cccc(F)c2F)C1)[C@@H](O)C1CCCCC1. The Hall–Kier alpha value is -2.50. The van der Waals surface area contributed by atoms with Crippen LogP contribution in [-0.2, 0) is 5.60 Å². The number of piperidine rings is 1. The van der Waals surface area contributed by atoms with Crippen molar-refractivity contribution in [2.45, 2.75) is 75.5 Å². The number of likely N-dealkylation sites (tertiary alicyclic amines) is 1. The van der Waals surface area contributed by atoms with Crippen LogP contribution in [0, 0.1) is 23.5 Å². The summed E-state index contributed by atoms with van der Waals surface area (Å²) in [5.74, 6) is -2.71. The molecule has 0 aromatic heterocycles. The fraction of sp³-hybridized carbons (Fsp3) is 0.704. The summed E-state index contributed by atoms with van der Waals surface area (Å²) in [5.41, 5.74) is -2.00. The smallest absolute Gasteiger partial charge is 0.404 e. The number of aliphatic hydroxyl groups excluding tert-OH is 1. The lowest BCUT2D eigenvalue weighted by Crippen LogP contribution is -2.57. The van der Waals surface area contributed by atoms with Gasteiger partial charge in [0.2, 0.25) is 0 Å². The zero-order valence-corrected chi connectivity index (χ0v) is 22.1. The Kier molecular flexibility index (Phi) is 11.1. The Morgan fingerprint density at radius 1 is 1.16 bits per heavy atom. The fourth-order valence-electron chi connectivity index (χ4n) is 6.03. The number of halogens is 2. The molecule has 1 heterocycles. The molecule has 6 N–H and O–H groups in total. The molecule has 3 amide bonds. The number of amides is 3. The number of urea groups is 1. The molecule has 1 aromatic rings. The van der Waals surface area contributed by atoms with Gasteiger partial charge in [0, 0.05) is 37.7 Å². The Labute approximate surface area is 223 Å². The second-order valence-corrected chi connectivity index (χ2v) is 10.6. The second kappa shape index (κ2) is 14.0. The van der Waals surface area contributed by atoms with E-state index in [2.05, 4.69) is 16.0 Å². The molecule has 1 aliphatic heterocycles. The fourth-order valence-corrected chi connectivity index (χ4v) is 6.03. The molecule has 0 spiro atoms. The zero-order valence-electron chi connectivity index (χ0n) is 22.1. The molecule has 1 aromatic carbocycles. The lowest BCUT2D eigenvalue weighted by atomic mass is 9.74. The first kappa shape index (κ1) is 30.0. The van der Waals surface area contributed by atoms with Gasteiger partial charge in [0.05, 0.1) is 17.7 Å². The van der Waals surface area contributed by atoms with Crippen molar-refractivity contribution >= 4 is 12.1 Å². The van der Waals surface area contributed by atoms with Crippen LogP contribution in [0.5, 0.6) is 0 Å². The van der Waals surface area contributed by atoms with Crippen LogP contribution in [-0.4, -0.2) is 77.7 Å². The zero-order chi connectivity index (χ0) is 27.7. The largest absolute Gasteiger partial charge is 0.465 e. The van der Waals surface area contributed by atoms with E-state index in [-0.39, 0.29) is 43.4 Å². The third-order valence-electron chi connectivity index (χ3n) is 8.09. The van der Waals surface area contributed by atoms with Crippen molar-refractivity contribution in [3.05, 3.63) is 35.4 Å². The predicted octanol–water partition coefficient (Wildman–Crippen LogP) is 3.15. The topological polar surface area (TPSA) is 134 Å². The van der Waals surface area contributed by atoms with Gasteiger partial charge in [0.25, 0.3) is 0 Å². The number of nitrogens with zero attached hydrogens (tertiary/aromatic N) is 1. The summed E-state index contributed by atoms with van der Waals surface area (Å²) < 4.78 is 29.0. The van der Waals surface area contributed by atoms with Crippen molar-refractivity contribution in [2.75, 3.05) is 33.2 Å². The summed E-state index contributed by atoms with van der Waals surface area (Å²) in [4.78, 5) is 25.7. The van der Waals surface area contributed by atoms with Gasteiger partial charge >= 0.3 is 12.1 Å². The van der Waals surface area contributed by atoms with Gasteiger partial charge in [-0.3, -0.25) is 0 Å². The number of aliphatic hydroxyl groups is 2. The van der Waals surface area contributed by atoms with E-state index in [9.17, 15) is 28.6 Å². The van der Waals surface area contributed by atoms with Crippen LogP contribution in [0.25, 0.3) is 0 Å². The molecule has 1 saturated carbocycles. The minimum atomic E-state index is -1.81. The number of hydrogen-bond acceptors (Lipinski definition) is 5. The Balaban J connectivity index is 1.75. The molecule has 1 saturated heterocycles. The van der Waals surface area contributed by atoms with E-state index in [0.29, 0.717) is 25.9 Å². The molecule has 9 nitrogen and oxygen atoms in total. The van der Waals surface area contributed by atoms with Gasteiger partial charge in [0.1, 0.15) is 0 Å². The summed E-state index contributed by atoms with van der Waals surface area (Å²) >= 11 is 0.